The van der Waals surface area contributed by atoms with E-state index in [1.807, 2.05) is 11.3 Å². The first-order chi connectivity index (χ1) is 23.1. The SMILES string of the molecule is CC(C)(C)c1cc2ccc3cc4c(c5ccc(c1)c2c35)-c1ccc(-c2cc(-c3ccc5sc6ccccc6c5c3)ncn2)cc1C4(C)C. The second-order valence-corrected chi connectivity index (χ2v) is 16.2. The average Bonchev–Trinajstić information content (AvgIpc) is 3.57. The molecule has 0 N–H and O–H groups in total. The quantitative estimate of drug-likeness (QED) is 0.177. The van der Waals surface area contributed by atoms with Gasteiger partial charge in [-0.05, 0) is 102 Å². The summed E-state index contributed by atoms with van der Waals surface area (Å²) in [6.07, 6.45) is 1.71. The third-order valence-corrected chi connectivity index (χ3v) is 12.0. The lowest BCUT2D eigenvalue weighted by Crippen LogP contribution is -2.15. The number of hydrogen-bond acceptors (Lipinski definition) is 3. The highest BCUT2D eigenvalue weighted by Crippen LogP contribution is 2.54. The standard InChI is InChI=1S/C45H34N2S/c1-44(2,3)30-18-27-10-11-29-22-36-43(33-16-13-28(19-30)41(27)42(29)33)32-15-12-26(21-35(32)45(36,4)5)38-23-37(46-24-47-38)25-14-17-40-34(20-25)31-8-6-7-9-39(31)48-40/h6-24H,1-5H3. The molecule has 0 radical (unpaired) electrons. The van der Waals surface area contributed by atoms with E-state index >= 15 is 0 Å². The molecule has 1 aliphatic carbocycles. The van der Waals surface area contributed by atoms with Crippen LogP contribution in [0.1, 0.15) is 51.3 Å². The van der Waals surface area contributed by atoms with E-state index in [9.17, 15) is 0 Å². The van der Waals surface area contributed by atoms with Gasteiger partial charge in [0.05, 0.1) is 11.4 Å². The first kappa shape index (κ1) is 27.9. The summed E-state index contributed by atoms with van der Waals surface area (Å²) in [6.45, 7) is 11.6. The number of rotatable bonds is 2. The lowest BCUT2D eigenvalue weighted by molar-refractivity contribution is 0.591. The zero-order chi connectivity index (χ0) is 32.5. The Morgan fingerprint density at radius 3 is 2.00 bits per heavy atom. The molecule has 0 bridgehead atoms. The van der Waals surface area contributed by atoms with Crippen LogP contribution in [0.25, 0.3) is 86.1 Å². The molecule has 2 nitrogen and oxygen atoms in total. The minimum Gasteiger partial charge on any atom is -0.236 e. The van der Waals surface area contributed by atoms with Gasteiger partial charge in [0, 0.05) is 36.7 Å². The van der Waals surface area contributed by atoms with E-state index in [1.165, 1.54) is 80.3 Å². The van der Waals surface area contributed by atoms with Gasteiger partial charge in [0.2, 0.25) is 0 Å². The largest absolute Gasteiger partial charge is 0.236 e. The maximum Gasteiger partial charge on any atom is 0.116 e. The highest BCUT2D eigenvalue weighted by molar-refractivity contribution is 7.25. The minimum atomic E-state index is -0.147. The van der Waals surface area contributed by atoms with Crippen molar-refractivity contribution in [3.05, 3.63) is 132 Å². The number of aromatic nitrogens is 2. The van der Waals surface area contributed by atoms with Gasteiger partial charge in [-0.2, -0.15) is 0 Å². The molecule has 0 aliphatic heterocycles. The van der Waals surface area contributed by atoms with Gasteiger partial charge in [-0.3, -0.25) is 0 Å². The van der Waals surface area contributed by atoms with Crippen molar-refractivity contribution in [1.82, 2.24) is 9.97 Å². The summed E-state index contributed by atoms with van der Waals surface area (Å²) >= 11 is 1.84. The Morgan fingerprint density at radius 2 is 1.23 bits per heavy atom. The summed E-state index contributed by atoms with van der Waals surface area (Å²) in [5.41, 5.74) is 10.9. The molecule has 0 fully saturated rings. The molecule has 0 saturated heterocycles. The average molecular weight is 635 g/mol. The summed E-state index contributed by atoms with van der Waals surface area (Å²) < 4.78 is 2.62. The van der Waals surface area contributed by atoms with E-state index in [-0.39, 0.29) is 10.8 Å². The van der Waals surface area contributed by atoms with Crippen LogP contribution < -0.4 is 0 Å². The fourth-order valence-corrected chi connectivity index (χ4v) is 9.34. The number of hydrogen-bond donors (Lipinski definition) is 0. The van der Waals surface area contributed by atoms with Crippen LogP contribution in [0.4, 0.5) is 0 Å². The van der Waals surface area contributed by atoms with E-state index in [1.54, 1.807) is 6.33 Å². The fourth-order valence-electron chi connectivity index (χ4n) is 8.25. The molecule has 0 spiro atoms. The number of nitrogens with zero attached hydrogens (tertiary/aromatic N) is 2. The van der Waals surface area contributed by atoms with Crippen molar-refractivity contribution in [1.29, 1.82) is 0 Å². The van der Waals surface area contributed by atoms with Crippen LogP contribution in [0.2, 0.25) is 0 Å². The molecule has 0 amide bonds. The molecule has 0 saturated carbocycles. The second kappa shape index (κ2) is 9.49. The fraction of sp³-hybridized carbons (Fsp3) is 0.156. The Balaban J connectivity index is 1.11. The Hall–Kier alpha value is -5.12. The Morgan fingerprint density at radius 1 is 0.562 bits per heavy atom. The summed E-state index contributed by atoms with van der Waals surface area (Å²) in [4.78, 5) is 9.51. The zero-order valence-electron chi connectivity index (χ0n) is 27.8. The summed E-state index contributed by atoms with van der Waals surface area (Å²) in [7, 11) is 0. The van der Waals surface area contributed by atoms with Crippen molar-refractivity contribution in [2.45, 2.75) is 45.4 Å². The monoisotopic (exact) mass is 634 g/mol. The van der Waals surface area contributed by atoms with Crippen molar-refractivity contribution >= 4 is 63.8 Å². The maximum absolute atomic E-state index is 4.78. The van der Waals surface area contributed by atoms with Crippen molar-refractivity contribution in [3.63, 3.8) is 0 Å². The van der Waals surface area contributed by atoms with Crippen LogP contribution >= 0.6 is 11.3 Å². The maximum atomic E-state index is 4.78. The lowest BCUT2D eigenvalue weighted by Gasteiger charge is -2.24. The first-order valence-electron chi connectivity index (χ1n) is 16.8. The van der Waals surface area contributed by atoms with E-state index < -0.39 is 0 Å². The Kier molecular flexibility index (Phi) is 5.52. The Bertz CT molecular complexity index is 2770. The van der Waals surface area contributed by atoms with E-state index in [2.05, 4.69) is 144 Å². The van der Waals surface area contributed by atoms with Gasteiger partial charge >= 0.3 is 0 Å². The molecule has 48 heavy (non-hydrogen) atoms. The molecular formula is C45H34N2S. The van der Waals surface area contributed by atoms with Crippen molar-refractivity contribution in [2.75, 3.05) is 0 Å². The van der Waals surface area contributed by atoms with Crippen LogP contribution in [-0.4, -0.2) is 9.97 Å². The molecule has 9 aromatic rings. The zero-order valence-corrected chi connectivity index (χ0v) is 28.6. The molecular weight excluding hydrogens is 601 g/mol. The van der Waals surface area contributed by atoms with Crippen molar-refractivity contribution in [3.8, 4) is 33.6 Å². The van der Waals surface area contributed by atoms with Crippen molar-refractivity contribution < 1.29 is 0 Å². The van der Waals surface area contributed by atoms with Crippen LogP contribution in [0.5, 0.6) is 0 Å². The van der Waals surface area contributed by atoms with Gasteiger partial charge in [0.25, 0.3) is 0 Å². The van der Waals surface area contributed by atoms with Gasteiger partial charge in [-0.25, -0.2) is 9.97 Å². The molecule has 230 valence electrons. The Labute approximate surface area is 284 Å². The number of thiophene rings is 1. The van der Waals surface area contributed by atoms with Gasteiger partial charge in [-0.15, -0.1) is 11.3 Å². The minimum absolute atomic E-state index is 0.101. The van der Waals surface area contributed by atoms with Crippen LogP contribution in [0.3, 0.4) is 0 Å². The van der Waals surface area contributed by atoms with Gasteiger partial charge in [0.1, 0.15) is 6.33 Å². The summed E-state index contributed by atoms with van der Waals surface area (Å²) in [5.74, 6) is 0. The predicted molar refractivity (Wildman–Crippen MR) is 206 cm³/mol. The van der Waals surface area contributed by atoms with E-state index in [0.29, 0.717) is 0 Å². The van der Waals surface area contributed by atoms with E-state index in [0.717, 1.165) is 22.5 Å². The predicted octanol–water partition coefficient (Wildman–Crippen LogP) is 12.7. The highest BCUT2D eigenvalue weighted by atomic mass is 32.1. The van der Waals surface area contributed by atoms with Crippen LogP contribution in [-0.2, 0) is 10.8 Å². The third-order valence-electron chi connectivity index (χ3n) is 10.9. The van der Waals surface area contributed by atoms with Gasteiger partial charge in [-0.1, -0.05) is 107 Å². The summed E-state index contributed by atoms with van der Waals surface area (Å²) in [5, 5.41) is 10.7. The van der Waals surface area contributed by atoms with Gasteiger partial charge in [0.15, 0.2) is 0 Å². The molecule has 7 aromatic carbocycles. The first-order valence-corrected chi connectivity index (χ1v) is 17.6. The van der Waals surface area contributed by atoms with Crippen molar-refractivity contribution in [2.24, 2.45) is 0 Å². The molecule has 10 rings (SSSR count). The second-order valence-electron chi connectivity index (χ2n) is 15.1. The smallest absolute Gasteiger partial charge is 0.116 e. The molecule has 1 aliphatic rings. The van der Waals surface area contributed by atoms with Crippen LogP contribution in [0, 0.1) is 0 Å². The molecule has 2 aromatic heterocycles. The van der Waals surface area contributed by atoms with E-state index in [4.69, 9.17) is 9.97 Å². The molecule has 2 heterocycles. The molecule has 3 heteroatoms. The summed E-state index contributed by atoms with van der Waals surface area (Å²) in [6, 6.07) is 41.1. The van der Waals surface area contributed by atoms with Crippen LogP contribution in [0.15, 0.2) is 116 Å². The van der Waals surface area contributed by atoms with Gasteiger partial charge < -0.3 is 0 Å². The molecule has 0 unspecified atom stereocenters. The molecule has 0 atom stereocenters. The number of fused-ring (bicyclic) bond motifs is 7. The lowest BCUT2D eigenvalue weighted by atomic mass is 9.79. The third kappa shape index (κ3) is 3.85. The normalized spacial score (nSPS) is 14.1. The highest BCUT2D eigenvalue weighted by Gasteiger charge is 2.37. The number of benzene rings is 7. The topological polar surface area (TPSA) is 25.8 Å².